The van der Waals surface area contributed by atoms with Crippen molar-refractivity contribution in [2.24, 2.45) is 11.8 Å². The number of thioether (sulfide) groups is 1. The lowest BCUT2D eigenvalue weighted by atomic mass is 9.88. The van der Waals surface area contributed by atoms with E-state index in [0.29, 0.717) is 11.7 Å². The number of carbonyl (C=O) groups excluding carboxylic acids is 1. The molecule has 1 saturated heterocycles. The molecule has 0 radical (unpaired) electrons. The van der Waals surface area contributed by atoms with Gasteiger partial charge in [0.05, 0.1) is 12.0 Å². The summed E-state index contributed by atoms with van der Waals surface area (Å²) >= 11 is 1.85. The number of H-pyrrole nitrogens is 1. The van der Waals surface area contributed by atoms with Crippen molar-refractivity contribution in [2.45, 2.75) is 24.8 Å². The van der Waals surface area contributed by atoms with Crippen molar-refractivity contribution in [3.8, 4) is 0 Å². The lowest BCUT2D eigenvalue weighted by Gasteiger charge is -2.22. The highest BCUT2D eigenvalue weighted by Gasteiger charge is 2.40. The Morgan fingerprint density at radius 2 is 2.09 bits per heavy atom. The second kappa shape index (κ2) is 6.31. The average Bonchev–Trinajstić information content (AvgIpc) is 3.08. The minimum Gasteiger partial charge on any atom is -0.345 e. The number of hydrogen-bond acceptors (Lipinski definition) is 5. The molecule has 2 heterocycles. The fraction of sp³-hybridized carbons (Fsp3) is 0.500. The third kappa shape index (κ3) is 3.10. The highest BCUT2D eigenvalue weighted by molar-refractivity contribution is 7.99. The van der Waals surface area contributed by atoms with Crippen LogP contribution in [0.4, 0.5) is 0 Å². The van der Waals surface area contributed by atoms with E-state index in [4.69, 9.17) is 0 Å². The van der Waals surface area contributed by atoms with Gasteiger partial charge in [-0.15, -0.1) is 10.2 Å². The normalized spacial score (nSPS) is 25.2. The van der Waals surface area contributed by atoms with Crippen molar-refractivity contribution in [3.63, 3.8) is 0 Å². The number of aromatic nitrogens is 4. The maximum Gasteiger partial charge on any atom is 0.225 e. The van der Waals surface area contributed by atoms with Crippen LogP contribution in [0.3, 0.4) is 0 Å². The Hall–Kier alpha value is -1.89. The van der Waals surface area contributed by atoms with Crippen molar-refractivity contribution >= 4 is 17.7 Å². The van der Waals surface area contributed by atoms with Gasteiger partial charge in [-0.2, -0.15) is 17.0 Å². The van der Waals surface area contributed by atoms with Gasteiger partial charge in [0.1, 0.15) is 0 Å². The number of carbonyl (C=O) groups is 1. The summed E-state index contributed by atoms with van der Waals surface area (Å²) in [4.78, 5) is 12.9. The van der Waals surface area contributed by atoms with E-state index in [2.05, 4.69) is 38.1 Å². The van der Waals surface area contributed by atoms with Crippen LogP contribution in [0, 0.1) is 11.8 Å². The largest absolute Gasteiger partial charge is 0.345 e. The lowest BCUT2D eigenvalue weighted by molar-refractivity contribution is -0.125. The van der Waals surface area contributed by atoms with Crippen molar-refractivity contribution in [1.82, 2.24) is 25.9 Å². The van der Waals surface area contributed by atoms with E-state index in [-0.39, 0.29) is 23.8 Å². The fourth-order valence-corrected chi connectivity index (χ4v) is 4.68. The summed E-state index contributed by atoms with van der Waals surface area (Å²) in [6.45, 7) is 0. The zero-order valence-electron chi connectivity index (χ0n) is 12.7. The van der Waals surface area contributed by atoms with E-state index in [0.717, 1.165) is 24.3 Å². The first-order valence-corrected chi connectivity index (χ1v) is 9.15. The predicted molar refractivity (Wildman–Crippen MR) is 87.8 cm³/mol. The van der Waals surface area contributed by atoms with Crippen LogP contribution in [-0.4, -0.2) is 38.0 Å². The van der Waals surface area contributed by atoms with Gasteiger partial charge in [-0.25, -0.2) is 0 Å². The highest BCUT2D eigenvalue weighted by atomic mass is 32.2. The minimum absolute atomic E-state index is 0.00977. The molecule has 120 valence electrons. The molecule has 2 aliphatic rings. The van der Waals surface area contributed by atoms with Crippen LogP contribution < -0.4 is 5.32 Å². The Labute approximate surface area is 138 Å². The zero-order valence-corrected chi connectivity index (χ0v) is 13.5. The van der Waals surface area contributed by atoms with Gasteiger partial charge in [-0.05, 0) is 24.3 Å². The Morgan fingerprint density at radius 1 is 1.26 bits per heavy atom. The quantitative estimate of drug-likeness (QED) is 0.875. The van der Waals surface area contributed by atoms with Gasteiger partial charge in [0, 0.05) is 17.4 Å². The summed E-state index contributed by atoms with van der Waals surface area (Å²) in [5.74, 6) is 3.32. The predicted octanol–water partition coefficient (Wildman–Crippen LogP) is 1.91. The summed E-state index contributed by atoms with van der Waals surface area (Å²) in [5.41, 5.74) is 1.25. The molecule has 1 aromatic heterocycles. The number of aromatic amines is 1. The Morgan fingerprint density at radius 3 is 2.78 bits per heavy atom. The molecule has 23 heavy (non-hydrogen) atoms. The number of tetrazole rings is 1. The van der Waals surface area contributed by atoms with Gasteiger partial charge >= 0.3 is 0 Å². The SMILES string of the molecule is O=C(NC(c1nn[nH]n1)C1CC1)[C@@H]1CSC[C@H]1c1ccccc1. The van der Waals surface area contributed by atoms with Crippen LogP contribution in [0.2, 0.25) is 0 Å². The molecule has 1 aliphatic heterocycles. The fourth-order valence-electron chi connectivity index (χ4n) is 3.23. The smallest absolute Gasteiger partial charge is 0.225 e. The molecule has 1 amide bonds. The maximum absolute atomic E-state index is 12.9. The summed E-state index contributed by atoms with van der Waals surface area (Å²) in [7, 11) is 0. The first kappa shape index (κ1) is 14.7. The number of nitrogens with one attached hydrogen (secondary N) is 2. The molecule has 6 nitrogen and oxygen atoms in total. The molecule has 1 saturated carbocycles. The van der Waals surface area contributed by atoms with Crippen LogP contribution in [0.5, 0.6) is 0 Å². The third-order valence-electron chi connectivity index (χ3n) is 4.68. The molecule has 3 atom stereocenters. The van der Waals surface area contributed by atoms with Gasteiger partial charge in [0.2, 0.25) is 5.91 Å². The summed E-state index contributed by atoms with van der Waals surface area (Å²) in [5, 5.41) is 17.4. The number of amides is 1. The monoisotopic (exact) mass is 329 g/mol. The molecule has 2 N–H and O–H groups in total. The topological polar surface area (TPSA) is 83.6 Å². The average molecular weight is 329 g/mol. The number of hydrogen-bond donors (Lipinski definition) is 2. The molecule has 7 heteroatoms. The summed E-state index contributed by atoms with van der Waals surface area (Å²) < 4.78 is 0. The molecule has 2 aromatic rings. The molecule has 0 spiro atoms. The first-order chi connectivity index (χ1) is 11.3. The van der Waals surface area contributed by atoms with Gasteiger partial charge < -0.3 is 5.32 Å². The van der Waals surface area contributed by atoms with Crippen LogP contribution in [0.15, 0.2) is 30.3 Å². The van der Waals surface area contributed by atoms with Gasteiger partial charge in [-0.1, -0.05) is 35.5 Å². The molecule has 1 aliphatic carbocycles. The minimum atomic E-state index is -0.108. The molecule has 1 aromatic carbocycles. The number of benzene rings is 1. The van der Waals surface area contributed by atoms with E-state index in [1.165, 1.54) is 5.56 Å². The number of nitrogens with zero attached hydrogens (tertiary/aromatic N) is 3. The van der Waals surface area contributed by atoms with Crippen molar-refractivity contribution < 1.29 is 4.79 Å². The van der Waals surface area contributed by atoms with Crippen LogP contribution >= 0.6 is 11.8 Å². The standard InChI is InChI=1S/C16H19N5OS/c22-16(17-14(11-6-7-11)15-18-20-21-19-15)13-9-23-8-12(13)10-4-2-1-3-5-10/h1-5,11-14H,6-9H2,(H,17,22)(H,18,19,20,21)/t12-,13+,14?/m0/s1. The van der Waals surface area contributed by atoms with Crippen LogP contribution in [0.1, 0.15) is 36.2 Å². The van der Waals surface area contributed by atoms with Crippen molar-refractivity contribution in [1.29, 1.82) is 0 Å². The van der Waals surface area contributed by atoms with Gasteiger partial charge in [0.15, 0.2) is 5.82 Å². The summed E-state index contributed by atoms with van der Waals surface area (Å²) in [6, 6.07) is 10.2. The lowest BCUT2D eigenvalue weighted by Crippen LogP contribution is -2.37. The molecular formula is C16H19N5OS. The number of rotatable bonds is 5. The van der Waals surface area contributed by atoms with E-state index < -0.39 is 0 Å². The maximum atomic E-state index is 12.9. The van der Waals surface area contributed by atoms with Crippen molar-refractivity contribution in [2.75, 3.05) is 11.5 Å². The first-order valence-electron chi connectivity index (χ1n) is 7.99. The molecule has 2 fully saturated rings. The second-order valence-electron chi connectivity index (χ2n) is 6.25. The van der Waals surface area contributed by atoms with Crippen molar-refractivity contribution in [3.05, 3.63) is 41.7 Å². The molecular weight excluding hydrogens is 310 g/mol. The van der Waals surface area contributed by atoms with Crippen LogP contribution in [-0.2, 0) is 4.79 Å². The van der Waals surface area contributed by atoms with E-state index >= 15 is 0 Å². The Bertz CT molecular complexity index is 658. The second-order valence-corrected chi connectivity index (χ2v) is 7.33. The zero-order chi connectivity index (χ0) is 15.6. The van der Waals surface area contributed by atoms with E-state index in [1.54, 1.807) is 0 Å². The highest BCUT2D eigenvalue weighted by Crippen LogP contribution is 2.42. The molecule has 4 rings (SSSR count). The third-order valence-corrected chi connectivity index (χ3v) is 5.87. The Balaban J connectivity index is 1.49. The Kier molecular flexibility index (Phi) is 4.03. The van der Waals surface area contributed by atoms with Crippen LogP contribution in [0.25, 0.3) is 0 Å². The van der Waals surface area contributed by atoms with E-state index in [1.807, 2.05) is 30.0 Å². The molecule has 1 unspecified atom stereocenters. The molecule has 0 bridgehead atoms. The van der Waals surface area contributed by atoms with Gasteiger partial charge in [0.25, 0.3) is 0 Å². The summed E-state index contributed by atoms with van der Waals surface area (Å²) in [6.07, 6.45) is 2.22. The van der Waals surface area contributed by atoms with Gasteiger partial charge in [-0.3, -0.25) is 4.79 Å². The van der Waals surface area contributed by atoms with E-state index in [9.17, 15) is 4.79 Å².